The van der Waals surface area contributed by atoms with Gasteiger partial charge in [-0.15, -0.1) is 0 Å². The van der Waals surface area contributed by atoms with E-state index in [1.54, 1.807) is 6.07 Å². The molecule has 42 heavy (non-hydrogen) atoms. The van der Waals surface area contributed by atoms with Gasteiger partial charge in [-0.1, -0.05) is 30.7 Å². The number of aromatic nitrogens is 4. The first kappa shape index (κ1) is 27.4. The van der Waals surface area contributed by atoms with E-state index in [0.717, 1.165) is 60.8 Å². The van der Waals surface area contributed by atoms with E-state index in [-0.39, 0.29) is 23.2 Å². The number of carbonyl (C=O) groups is 1. The van der Waals surface area contributed by atoms with Crippen LogP contribution in [0.4, 0.5) is 17.3 Å². The van der Waals surface area contributed by atoms with E-state index in [9.17, 15) is 4.79 Å². The van der Waals surface area contributed by atoms with Gasteiger partial charge in [-0.25, -0.2) is 15.0 Å². The summed E-state index contributed by atoms with van der Waals surface area (Å²) >= 11 is 6.29. The van der Waals surface area contributed by atoms with Crippen LogP contribution in [0, 0.1) is 17.3 Å². The van der Waals surface area contributed by atoms with Crippen LogP contribution < -0.4 is 16.0 Å². The van der Waals surface area contributed by atoms with E-state index in [4.69, 9.17) is 16.6 Å². The number of halogens is 1. The Morgan fingerprint density at radius 2 is 1.93 bits per heavy atom. The molecule has 1 aliphatic heterocycles. The molecular weight excluding hydrogens is 548 g/mol. The lowest BCUT2D eigenvalue weighted by Crippen LogP contribution is -2.36. The molecule has 4 heterocycles. The molecule has 0 spiro atoms. The molecule has 7 rings (SSSR count). The molecule has 9 nitrogen and oxygen atoms in total. The number of piperidine rings is 1. The number of carbonyl (C=O) groups excluding carboxylic acids is 1. The Hall–Kier alpha value is -3.43. The Morgan fingerprint density at radius 1 is 1.12 bits per heavy atom. The van der Waals surface area contributed by atoms with Crippen molar-refractivity contribution in [1.29, 1.82) is 0 Å². The number of rotatable bonds is 9. The highest BCUT2D eigenvalue weighted by atomic mass is 35.5. The smallest absolute Gasteiger partial charge is 0.228 e. The van der Waals surface area contributed by atoms with Crippen LogP contribution in [0.5, 0.6) is 0 Å². The van der Waals surface area contributed by atoms with Crippen LogP contribution in [0.15, 0.2) is 54.1 Å². The molecule has 3 aromatic heterocycles. The highest BCUT2D eigenvalue weighted by Crippen LogP contribution is 2.56. The molecule has 1 saturated heterocycles. The summed E-state index contributed by atoms with van der Waals surface area (Å²) in [5, 5.41) is 11.0. The molecule has 10 heteroatoms. The predicted octanol–water partition coefficient (Wildman–Crippen LogP) is 5.78. The third-order valence-corrected chi connectivity index (χ3v) is 9.66. The Labute approximate surface area is 251 Å². The molecule has 2 saturated carbocycles. The quantitative estimate of drug-likeness (QED) is 0.292. The fraction of sp³-hybridized carbons (Fsp3) is 0.500. The normalized spacial score (nSPS) is 26.2. The van der Waals surface area contributed by atoms with E-state index in [2.05, 4.69) is 73.7 Å². The Morgan fingerprint density at radius 3 is 2.71 bits per heavy atom. The van der Waals surface area contributed by atoms with Gasteiger partial charge in [0, 0.05) is 35.5 Å². The molecule has 1 amide bonds. The second-order valence-corrected chi connectivity index (χ2v) is 13.4. The van der Waals surface area contributed by atoms with Crippen molar-refractivity contribution in [3.8, 4) is 0 Å². The monoisotopic (exact) mass is 586 g/mol. The van der Waals surface area contributed by atoms with Crippen LogP contribution in [0.2, 0.25) is 0 Å². The maximum absolute atomic E-state index is 13.0. The zero-order valence-electron chi connectivity index (χ0n) is 24.3. The maximum Gasteiger partial charge on any atom is 0.228 e. The molecule has 3 N–H and O–H groups in total. The Balaban J connectivity index is 1.00. The Kier molecular flexibility index (Phi) is 7.18. The van der Waals surface area contributed by atoms with E-state index < -0.39 is 0 Å². The van der Waals surface area contributed by atoms with Crippen molar-refractivity contribution in [3.05, 3.63) is 65.4 Å². The van der Waals surface area contributed by atoms with Gasteiger partial charge in [-0.05, 0) is 93.6 Å². The number of pyridine rings is 1. The predicted molar refractivity (Wildman–Crippen MR) is 167 cm³/mol. The molecular formula is C32H39ClN8O. The van der Waals surface area contributed by atoms with Crippen LogP contribution in [0.1, 0.15) is 62.6 Å². The minimum atomic E-state index is -0.0811. The molecule has 3 aliphatic carbocycles. The number of hydrogen-bond donors (Lipinski definition) is 3. The van der Waals surface area contributed by atoms with Crippen molar-refractivity contribution in [1.82, 2.24) is 24.3 Å². The van der Waals surface area contributed by atoms with Gasteiger partial charge in [-0.2, -0.15) is 0 Å². The second-order valence-electron chi connectivity index (χ2n) is 12.9. The summed E-state index contributed by atoms with van der Waals surface area (Å²) in [6.45, 7) is 4.93. The minimum Gasteiger partial charge on any atom is -0.379 e. The largest absolute Gasteiger partial charge is 0.379 e. The van der Waals surface area contributed by atoms with Crippen molar-refractivity contribution in [3.63, 3.8) is 0 Å². The number of anilines is 3. The summed E-state index contributed by atoms with van der Waals surface area (Å²) in [6, 6.07) is 4.57. The number of amides is 1. The van der Waals surface area contributed by atoms with E-state index in [1.807, 2.05) is 12.2 Å². The lowest BCUT2D eigenvalue weighted by atomic mass is 9.78. The van der Waals surface area contributed by atoms with Crippen molar-refractivity contribution >= 4 is 40.5 Å². The highest BCUT2D eigenvalue weighted by Gasteiger charge is 2.53. The van der Waals surface area contributed by atoms with Crippen LogP contribution in [-0.2, 0) is 11.3 Å². The van der Waals surface area contributed by atoms with E-state index in [1.165, 1.54) is 24.7 Å². The molecule has 0 radical (unpaired) electrons. The van der Waals surface area contributed by atoms with Gasteiger partial charge in [-0.3, -0.25) is 4.79 Å². The zero-order valence-corrected chi connectivity index (χ0v) is 25.1. The first-order chi connectivity index (χ1) is 20.3. The summed E-state index contributed by atoms with van der Waals surface area (Å²) in [7, 11) is 2.19. The van der Waals surface area contributed by atoms with Crippen LogP contribution in [-0.4, -0.2) is 56.3 Å². The van der Waals surface area contributed by atoms with Gasteiger partial charge in [0.1, 0.15) is 18.0 Å². The molecule has 3 aromatic rings. The number of nitrogens with zero attached hydrogens (tertiary/aromatic N) is 5. The molecule has 0 bridgehead atoms. The molecule has 3 atom stereocenters. The number of allylic oxidation sites excluding steroid dienone is 4. The average molecular weight is 587 g/mol. The molecule has 3 fully saturated rings. The number of fused-ring (bicyclic) bond motifs is 1. The molecule has 4 aliphatic rings. The zero-order chi connectivity index (χ0) is 28.8. The fourth-order valence-electron chi connectivity index (χ4n) is 6.62. The van der Waals surface area contributed by atoms with Gasteiger partial charge < -0.3 is 25.3 Å². The lowest BCUT2D eigenvalue weighted by molar-refractivity contribution is -0.117. The fourth-order valence-corrected chi connectivity index (χ4v) is 6.98. The highest BCUT2D eigenvalue weighted by molar-refractivity contribution is 6.29. The van der Waals surface area contributed by atoms with Crippen LogP contribution >= 0.6 is 11.6 Å². The minimum absolute atomic E-state index is 0.00130. The summed E-state index contributed by atoms with van der Waals surface area (Å²) in [5.41, 5.74) is 4.32. The number of hydrogen-bond acceptors (Lipinski definition) is 7. The van der Waals surface area contributed by atoms with Crippen LogP contribution in [0.3, 0.4) is 0 Å². The summed E-state index contributed by atoms with van der Waals surface area (Å²) in [6.07, 6.45) is 18.4. The summed E-state index contributed by atoms with van der Waals surface area (Å²) < 4.78 is 2.17. The van der Waals surface area contributed by atoms with Gasteiger partial charge in [0.15, 0.2) is 5.65 Å². The first-order valence-electron chi connectivity index (χ1n) is 15.2. The van der Waals surface area contributed by atoms with Crippen molar-refractivity contribution < 1.29 is 4.79 Å². The molecule has 220 valence electrons. The van der Waals surface area contributed by atoms with Gasteiger partial charge in [0.2, 0.25) is 5.91 Å². The van der Waals surface area contributed by atoms with Gasteiger partial charge >= 0.3 is 0 Å². The van der Waals surface area contributed by atoms with Crippen molar-refractivity contribution in [2.45, 2.75) is 64.0 Å². The van der Waals surface area contributed by atoms with Gasteiger partial charge in [0.25, 0.3) is 0 Å². The summed E-state index contributed by atoms with van der Waals surface area (Å²) in [5.74, 6) is 2.05. The second kappa shape index (κ2) is 11.0. The summed E-state index contributed by atoms with van der Waals surface area (Å²) in [4.78, 5) is 29.1. The standard InChI is InChI=1S/C32H39ClN8O/c1-32(9-3-4-22(33)15-32)26-13-25(26)31(42)39-29-14-28(35-19-36-29)34-16-24-18-41-17-21(20-5-6-20)12-27(30(41)38-24)37-23-7-10-40(2)11-8-23/h3-4,9,12,14,17-20,23,25-26,37H,5-8,10-11,13,15-16H2,1-2H3,(H2,34,35,36,39,42)/t25-,26-,32?/m0/s1. The number of likely N-dealkylation sites (tertiary alicyclic amines) is 1. The topological polar surface area (TPSA) is 99.5 Å². The van der Waals surface area contributed by atoms with Crippen molar-refractivity contribution in [2.75, 3.05) is 36.1 Å². The van der Waals surface area contributed by atoms with Gasteiger partial charge in [0.05, 0.1) is 17.9 Å². The third-order valence-electron chi connectivity index (χ3n) is 9.40. The molecule has 1 unspecified atom stereocenters. The first-order valence-corrected chi connectivity index (χ1v) is 15.6. The average Bonchev–Trinajstić information content (AvgIpc) is 3.90. The van der Waals surface area contributed by atoms with E-state index in [0.29, 0.717) is 30.1 Å². The Bertz CT molecular complexity index is 1550. The number of imidazole rings is 1. The molecule has 0 aromatic carbocycles. The third kappa shape index (κ3) is 5.90. The number of nitrogens with one attached hydrogen (secondary N) is 3. The maximum atomic E-state index is 13.0. The van der Waals surface area contributed by atoms with Crippen LogP contribution in [0.25, 0.3) is 5.65 Å². The van der Waals surface area contributed by atoms with E-state index >= 15 is 0 Å². The lowest BCUT2D eigenvalue weighted by Gasteiger charge is -2.30. The SMILES string of the molecule is CN1CCC(Nc2cc(C3CC3)cn3cc(CNc4cc(NC(=O)[C@H]5C[C@@H]5C5(C)C=CC=C(Cl)C5)ncn4)nc23)CC1. The van der Waals surface area contributed by atoms with Crippen molar-refractivity contribution in [2.24, 2.45) is 17.3 Å².